The molecule has 2 aromatic rings. The van der Waals surface area contributed by atoms with Crippen molar-refractivity contribution < 1.29 is 9.18 Å². The van der Waals surface area contributed by atoms with Gasteiger partial charge in [0.1, 0.15) is 5.82 Å². The van der Waals surface area contributed by atoms with Gasteiger partial charge >= 0.3 is 6.03 Å². The fourth-order valence-corrected chi connectivity index (χ4v) is 1.97. The molecule has 110 valence electrons. The minimum absolute atomic E-state index is 0.0520. The van der Waals surface area contributed by atoms with Gasteiger partial charge in [-0.2, -0.15) is 0 Å². The van der Waals surface area contributed by atoms with Gasteiger partial charge < -0.3 is 16.4 Å². The van der Waals surface area contributed by atoms with Gasteiger partial charge in [0, 0.05) is 11.7 Å². The zero-order chi connectivity index (χ0) is 15.4. The van der Waals surface area contributed by atoms with Crippen LogP contribution in [0.1, 0.15) is 18.5 Å². The number of anilines is 2. The molecule has 0 aliphatic rings. The Morgan fingerprint density at radius 2 is 1.86 bits per heavy atom. The lowest BCUT2D eigenvalue weighted by atomic mass is 10.1. The predicted octanol–water partition coefficient (Wildman–Crippen LogP) is 4.14. The molecule has 2 amide bonds. The second kappa shape index (κ2) is 6.56. The molecule has 1 unspecified atom stereocenters. The van der Waals surface area contributed by atoms with Gasteiger partial charge in [-0.05, 0) is 36.8 Å². The van der Waals surface area contributed by atoms with E-state index in [0.29, 0.717) is 5.69 Å². The Bertz CT molecular complexity index is 624. The molecule has 0 heterocycles. The second-order valence-corrected chi connectivity index (χ2v) is 4.99. The van der Waals surface area contributed by atoms with Crippen LogP contribution in [-0.4, -0.2) is 6.03 Å². The van der Waals surface area contributed by atoms with Gasteiger partial charge in [0.15, 0.2) is 0 Å². The Balaban J connectivity index is 2.05. The van der Waals surface area contributed by atoms with E-state index in [2.05, 4.69) is 10.6 Å². The van der Waals surface area contributed by atoms with E-state index in [1.807, 2.05) is 19.1 Å². The third kappa shape index (κ3) is 3.93. The third-order valence-electron chi connectivity index (χ3n) is 2.90. The molecular weight excluding hydrogens is 293 g/mol. The first-order valence-electron chi connectivity index (χ1n) is 6.35. The van der Waals surface area contributed by atoms with Gasteiger partial charge in [-0.1, -0.05) is 29.8 Å². The zero-order valence-electron chi connectivity index (χ0n) is 11.4. The Kier molecular flexibility index (Phi) is 4.77. The van der Waals surface area contributed by atoms with Crippen LogP contribution < -0.4 is 16.4 Å². The summed E-state index contributed by atoms with van der Waals surface area (Å²) in [4.78, 5) is 11.8. The molecule has 2 aromatic carbocycles. The van der Waals surface area contributed by atoms with E-state index in [4.69, 9.17) is 17.3 Å². The van der Waals surface area contributed by atoms with Crippen LogP contribution in [0.5, 0.6) is 0 Å². The van der Waals surface area contributed by atoms with E-state index in [1.54, 1.807) is 12.1 Å². The lowest BCUT2D eigenvalue weighted by molar-refractivity contribution is 0.262. The van der Waals surface area contributed by atoms with E-state index in [1.165, 1.54) is 18.2 Å². The quantitative estimate of drug-likeness (QED) is 0.797. The molecule has 0 radical (unpaired) electrons. The summed E-state index contributed by atoms with van der Waals surface area (Å²) in [7, 11) is 0. The summed E-state index contributed by atoms with van der Waals surface area (Å²) in [6, 6.07) is 10.6. The van der Waals surface area contributed by atoms with Crippen LogP contribution in [0.15, 0.2) is 42.5 Å². The molecule has 4 nitrogen and oxygen atoms in total. The van der Waals surface area contributed by atoms with Crippen LogP contribution in [0.2, 0.25) is 5.02 Å². The highest BCUT2D eigenvalue weighted by molar-refractivity contribution is 6.33. The topological polar surface area (TPSA) is 67.1 Å². The number of nitrogens with two attached hydrogens (primary N) is 1. The summed E-state index contributed by atoms with van der Waals surface area (Å²) in [6.07, 6.45) is 0. The predicted molar refractivity (Wildman–Crippen MR) is 83.1 cm³/mol. The van der Waals surface area contributed by atoms with Crippen LogP contribution >= 0.6 is 11.6 Å². The number of hydrogen-bond acceptors (Lipinski definition) is 2. The van der Waals surface area contributed by atoms with Crippen molar-refractivity contribution in [1.29, 1.82) is 0 Å². The summed E-state index contributed by atoms with van der Waals surface area (Å²) in [6.45, 7) is 1.87. The number of carbonyl (C=O) groups is 1. The summed E-state index contributed by atoms with van der Waals surface area (Å²) >= 11 is 5.84. The number of halogens is 2. The molecule has 0 spiro atoms. The molecular formula is C15H15ClFN3O. The van der Waals surface area contributed by atoms with Crippen LogP contribution in [0.4, 0.5) is 20.6 Å². The van der Waals surface area contributed by atoms with Crippen LogP contribution in [0.3, 0.4) is 0 Å². The maximum atomic E-state index is 13.6. The molecule has 0 fully saturated rings. The molecule has 21 heavy (non-hydrogen) atoms. The highest BCUT2D eigenvalue weighted by Gasteiger charge is 2.10. The fourth-order valence-electron chi connectivity index (χ4n) is 1.76. The first-order valence-corrected chi connectivity index (χ1v) is 6.72. The molecule has 0 saturated heterocycles. The van der Waals surface area contributed by atoms with Gasteiger partial charge in [0.05, 0.1) is 10.7 Å². The summed E-state index contributed by atoms with van der Waals surface area (Å²) < 4.78 is 13.6. The number of rotatable bonds is 3. The zero-order valence-corrected chi connectivity index (χ0v) is 12.1. The van der Waals surface area contributed by atoms with E-state index in [-0.39, 0.29) is 16.8 Å². The van der Waals surface area contributed by atoms with E-state index in [9.17, 15) is 9.18 Å². The lowest BCUT2D eigenvalue weighted by Crippen LogP contribution is -2.20. The number of carbonyl (C=O) groups excluding carboxylic acids is 1. The van der Waals surface area contributed by atoms with Crippen LogP contribution in [0, 0.1) is 5.82 Å². The van der Waals surface area contributed by atoms with E-state index in [0.717, 1.165) is 5.56 Å². The van der Waals surface area contributed by atoms with Gasteiger partial charge in [0.25, 0.3) is 0 Å². The molecule has 0 aliphatic carbocycles. The summed E-state index contributed by atoms with van der Waals surface area (Å²) in [5.41, 5.74) is 7.22. The third-order valence-corrected chi connectivity index (χ3v) is 3.21. The summed E-state index contributed by atoms with van der Waals surface area (Å²) in [5, 5.41) is 5.11. The average molecular weight is 308 g/mol. The number of urea groups is 1. The lowest BCUT2D eigenvalue weighted by Gasteiger charge is -2.11. The number of para-hydroxylation sites is 1. The highest BCUT2D eigenvalue weighted by Crippen LogP contribution is 2.24. The van der Waals surface area contributed by atoms with Crippen LogP contribution in [0.25, 0.3) is 0 Å². The minimum atomic E-state index is -0.593. The van der Waals surface area contributed by atoms with Crippen molar-refractivity contribution in [2.75, 3.05) is 10.6 Å². The highest BCUT2D eigenvalue weighted by atomic mass is 35.5. The average Bonchev–Trinajstić information content (AvgIpc) is 2.43. The molecule has 1 atom stereocenters. The molecule has 0 aliphatic heterocycles. The van der Waals surface area contributed by atoms with Gasteiger partial charge in [0.2, 0.25) is 0 Å². The number of amides is 2. The molecule has 6 heteroatoms. The maximum Gasteiger partial charge on any atom is 0.323 e. The smallest absolute Gasteiger partial charge is 0.323 e. The summed E-state index contributed by atoms with van der Waals surface area (Å²) in [5.74, 6) is -0.593. The standard InChI is InChI=1S/C15H15ClFN3O/c1-9(18)10-5-7-11(8-6-10)19-15(21)20-14-12(16)3-2-4-13(14)17/h2-9H,18H2,1H3,(H2,19,20,21). The molecule has 0 saturated carbocycles. The van der Waals surface area contributed by atoms with Gasteiger partial charge in [-0.25, -0.2) is 9.18 Å². The van der Waals surface area contributed by atoms with Crippen LogP contribution in [-0.2, 0) is 0 Å². The number of nitrogens with one attached hydrogen (secondary N) is 2. The Hall–Kier alpha value is -2.11. The Morgan fingerprint density at radius 1 is 1.19 bits per heavy atom. The van der Waals surface area contributed by atoms with Gasteiger partial charge in [-0.15, -0.1) is 0 Å². The largest absolute Gasteiger partial charge is 0.324 e. The molecule has 4 N–H and O–H groups in total. The van der Waals surface area contributed by atoms with Gasteiger partial charge in [-0.3, -0.25) is 0 Å². The Morgan fingerprint density at radius 3 is 2.43 bits per heavy atom. The fraction of sp³-hybridized carbons (Fsp3) is 0.133. The van der Waals surface area contributed by atoms with Crippen molar-refractivity contribution in [3.63, 3.8) is 0 Å². The van der Waals surface area contributed by atoms with E-state index >= 15 is 0 Å². The SMILES string of the molecule is CC(N)c1ccc(NC(=O)Nc2c(F)cccc2Cl)cc1. The first kappa shape index (κ1) is 15.3. The monoisotopic (exact) mass is 307 g/mol. The Labute approximate surface area is 127 Å². The van der Waals surface area contributed by atoms with Crippen molar-refractivity contribution in [2.24, 2.45) is 5.73 Å². The van der Waals surface area contributed by atoms with Crippen molar-refractivity contribution in [3.8, 4) is 0 Å². The minimum Gasteiger partial charge on any atom is -0.324 e. The number of benzene rings is 2. The maximum absolute atomic E-state index is 13.6. The molecule has 2 rings (SSSR count). The van der Waals surface area contributed by atoms with E-state index < -0.39 is 11.8 Å². The normalized spacial score (nSPS) is 11.8. The van der Waals surface area contributed by atoms with Crippen molar-refractivity contribution in [3.05, 3.63) is 58.9 Å². The first-order chi connectivity index (χ1) is 9.97. The van der Waals surface area contributed by atoms with Crippen molar-refractivity contribution in [1.82, 2.24) is 0 Å². The molecule has 0 aromatic heterocycles. The van der Waals surface area contributed by atoms with Crippen molar-refractivity contribution >= 4 is 29.0 Å². The van der Waals surface area contributed by atoms with Crippen molar-refractivity contribution in [2.45, 2.75) is 13.0 Å². The second-order valence-electron chi connectivity index (χ2n) is 4.59. The molecule has 0 bridgehead atoms. The number of hydrogen-bond donors (Lipinski definition) is 3.